The number of sulfonamides is 1. The number of hydrogen-bond donors (Lipinski definition) is 1. The molecular weight excluding hydrogens is 485 g/mol. The maximum Gasteiger partial charge on any atom is 0.416 e. The van der Waals surface area contributed by atoms with E-state index in [1.807, 2.05) is 0 Å². The van der Waals surface area contributed by atoms with Crippen LogP contribution in [0, 0.1) is 0 Å². The molecule has 0 aliphatic carbocycles. The molecule has 0 saturated carbocycles. The molecule has 33 heavy (non-hydrogen) atoms. The molecule has 0 saturated heterocycles. The number of carbonyl (C=O) groups is 1. The lowest BCUT2D eigenvalue weighted by Gasteiger charge is -2.25. The third-order valence-corrected chi connectivity index (χ3v) is 6.23. The van der Waals surface area contributed by atoms with Crippen molar-refractivity contribution in [1.82, 2.24) is 5.32 Å². The summed E-state index contributed by atoms with van der Waals surface area (Å²) >= 11 is 5.99. The fourth-order valence-electron chi connectivity index (χ4n) is 3.12. The van der Waals surface area contributed by atoms with Gasteiger partial charge in [0.2, 0.25) is 15.9 Å². The van der Waals surface area contributed by atoms with E-state index >= 15 is 0 Å². The average Bonchev–Trinajstić information content (AvgIpc) is 2.74. The minimum atomic E-state index is -4.72. The third-order valence-electron chi connectivity index (χ3n) is 4.78. The van der Waals surface area contributed by atoms with Crippen molar-refractivity contribution in [2.24, 2.45) is 0 Å². The fourth-order valence-corrected chi connectivity index (χ4v) is 4.25. The summed E-state index contributed by atoms with van der Waals surface area (Å²) in [5, 5.41) is 2.46. The largest absolute Gasteiger partial charge is 0.493 e. The van der Waals surface area contributed by atoms with Crippen molar-refractivity contribution < 1.29 is 35.9 Å². The van der Waals surface area contributed by atoms with Crippen LogP contribution in [-0.2, 0) is 21.0 Å². The van der Waals surface area contributed by atoms with Crippen molar-refractivity contribution in [2.75, 3.05) is 31.3 Å². The number of ether oxygens (including phenoxy) is 2. The van der Waals surface area contributed by atoms with Crippen LogP contribution in [0.25, 0.3) is 0 Å². The Morgan fingerprint density at radius 1 is 1.12 bits per heavy atom. The molecule has 1 N–H and O–H groups in total. The average molecular weight is 509 g/mol. The molecule has 2 aromatic carbocycles. The van der Waals surface area contributed by atoms with Crippen LogP contribution in [0.2, 0.25) is 5.02 Å². The number of anilines is 1. The molecule has 0 bridgehead atoms. The SMILES string of the molecule is CCC(NC(=O)CN(c1cc(C(F)(F)F)ccc1Cl)S(C)(=O)=O)c1ccc(OC)c(OC)c1. The van der Waals surface area contributed by atoms with Crippen LogP contribution in [0.4, 0.5) is 18.9 Å². The van der Waals surface area contributed by atoms with Gasteiger partial charge in [0.1, 0.15) is 6.54 Å². The zero-order valence-corrected chi connectivity index (χ0v) is 19.9. The van der Waals surface area contributed by atoms with Crippen LogP contribution >= 0.6 is 11.6 Å². The first-order chi connectivity index (χ1) is 15.3. The normalized spacial score (nSPS) is 12.7. The number of nitrogens with one attached hydrogen (secondary N) is 1. The van der Waals surface area contributed by atoms with Gasteiger partial charge in [-0.05, 0) is 42.3 Å². The van der Waals surface area contributed by atoms with Gasteiger partial charge in [-0.15, -0.1) is 0 Å². The number of benzene rings is 2. The Hall–Kier alpha value is -2.66. The summed E-state index contributed by atoms with van der Waals surface area (Å²) in [7, 11) is -1.20. The quantitative estimate of drug-likeness (QED) is 0.542. The first-order valence-electron chi connectivity index (χ1n) is 9.67. The van der Waals surface area contributed by atoms with E-state index in [-0.39, 0.29) is 5.02 Å². The van der Waals surface area contributed by atoms with Gasteiger partial charge in [-0.25, -0.2) is 8.42 Å². The van der Waals surface area contributed by atoms with Crippen molar-refractivity contribution in [3.05, 3.63) is 52.5 Å². The zero-order valence-electron chi connectivity index (χ0n) is 18.4. The molecule has 0 radical (unpaired) electrons. The summed E-state index contributed by atoms with van der Waals surface area (Å²) in [5.74, 6) is 0.205. The van der Waals surface area contributed by atoms with E-state index in [0.717, 1.165) is 18.4 Å². The minimum Gasteiger partial charge on any atom is -0.493 e. The van der Waals surface area contributed by atoms with Crippen molar-refractivity contribution in [3.8, 4) is 11.5 Å². The van der Waals surface area contributed by atoms with Crippen LogP contribution in [0.5, 0.6) is 11.5 Å². The molecule has 182 valence electrons. The monoisotopic (exact) mass is 508 g/mol. The van der Waals surface area contributed by atoms with E-state index < -0.39 is 45.9 Å². The van der Waals surface area contributed by atoms with Gasteiger partial charge in [-0.2, -0.15) is 13.2 Å². The van der Waals surface area contributed by atoms with E-state index in [1.54, 1.807) is 25.1 Å². The van der Waals surface area contributed by atoms with E-state index in [0.29, 0.717) is 33.9 Å². The number of hydrogen-bond acceptors (Lipinski definition) is 5. The number of nitrogens with zero attached hydrogens (tertiary/aromatic N) is 1. The van der Waals surface area contributed by atoms with Crippen molar-refractivity contribution in [3.63, 3.8) is 0 Å². The number of rotatable bonds is 9. The topological polar surface area (TPSA) is 84.9 Å². The van der Waals surface area contributed by atoms with Gasteiger partial charge >= 0.3 is 6.18 Å². The number of carbonyl (C=O) groups excluding carboxylic acids is 1. The van der Waals surface area contributed by atoms with Crippen LogP contribution in [0.15, 0.2) is 36.4 Å². The first-order valence-corrected chi connectivity index (χ1v) is 11.9. The molecule has 1 unspecified atom stereocenters. The Morgan fingerprint density at radius 2 is 1.76 bits per heavy atom. The lowest BCUT2D eigenvalue weighted by Crippen LogP contribution is -2.41. The molecule has 0 aliphatic heterocycles. The molecule has 1 amide bonds. The van der Waals surface area contributed by atoms with Crippen LogP contribution in [0.3, 0.4) is 0 Å². The van der Waals surface area contributed by atoms with Crippen molar-refractivity contribution in [2.45, 2.75) is 25.6 Å². The van der Waals surface area contributed by atoms with Gasteiger partial charge in [0, 0.05) is 0 Å². The highest BCUT2D eigenvalue weighted by Gasteiger charge is 2.33. The van der Waals surface area contributed by atoms with Gasteiger partial charge in [0.25, 0.3) is 0 Å². The van der Waals surface area contributed by atoms with E-state index in [9.17, 15) is 26.4 Å². The van der Waals surface area contributed by atoms with Gasteiger partial charge in [-0.3, -0.25) is 9.10 Å². The number of alkyl halides is 3. The van der Waals surface area contributed by atoms with E-state index in [2.05, 4.69) is 5.32 Å². The second kappa shape index (κ2) is 10.5. The summed E-state index contributed by atoms with van der Waals surface area (Å²) in [6.45, 7) is 1.04. The van der Waals surface area contributed by atoms with Crippen LogP contribution in [-0.4, -0.2) is 41.3 Å². The molecule has 0 spiro atoms. The highest BCUT2D eigenvalue weighted by molar-refractivity contribution is 7.92. The second-order valence-corrected chi connectivity index (χ2v) is 9.39. The molecule has 2 aromatic rings. The molecule has 0 fully saturated rings. The first kappa shape index (κ1) is 26.6. The molecule has 0 aromatic heterocycles. The molecular formula is C21H24ClF3N2O5S. The van der Waals surface area contributed by atoms with Gasteiger partial charge in [0.05, 0.1) is 42.8 Å². The second-order valence-electron chi connectivity index (χ2n) is 7.08. The van der Waals surface area contributed by atoms with Gasteiger partial charge in [-0.1, -0.05) is 24.6 Å². The lowest BCUT2D eigenvalue weighted by molar-refractivity contribution is -0.137. The van der Waals surface area contributed by atoms with Crippen LogP contribution < -0.4 is 19.1 Å². The summed E-state index contributed by atoms with van der Waals surface area (Å²) in [6.07, 6.45) is -3.49. The van der Waals surface area contributed by atoms with Crippen LogP contribution in [0.1, 0.15) is 30.5 Å². The predicted molar refractivity (Wildman–Crippen MR) is 119 cm³/mol. The molecule has 2 rings (SSSR count). The maximum absolute atomic E-state index is 13.1. The minimum absolute atomic E-state index is 0.242. The Labute approximate surface area is 195 Å². The Kier molecular flexibility index (Phi) is 8.47. The number of halogens is 4. The molecule has 7 nitrogen and oxygen atoms in total. The van der Waals surface area contributed by atoms with E-state index in [4.69, 9.17) is 21.1 Å². The zero-order chi connectivity index (χ0) is 25.0. The molecule has 1 atom stereocenters. The standard InChI is InChI=1S/C21H24ClF3N2O5S/c1-5-16(13-6-9-18(31-2)19(10-13)32-3)26-20(28)12-27(33(4,29)30)17-11-14(21(23,24)25)7-8-15(17)22/h6-11,16H,5,12H2,1-4H3,(H,26,28). The molecule has 0 aliphatic rings. The summed E-state index contributed by atoms with van der Waals surface area (Å²) in [5.41, 5.74) is -0.859. The highest BCUT2D eigenvalue weighted by Crippen LogP contribution is 2.36. The molecule has 0 heterocycles. The maximum atomic E-state index is 13.1. The third kappa shape index (κ3) is 6.67. The highest BCUT2D eigenvalue weighted by atomic mass is 35.5. The van der Waals surface area contributed by atoms with Gasteiger partial charge < -0.3 is 14.8 Å². The summed E-state index contributed by atoms with van der Waals surface area (Å²) in [4.78, 5) is 12.7. The Bertz CT molecular complexity index is 1110. The van der Waals surface area contributed by atoms with Crippen molar-refractivity contribution >= 4 is 33.2 Å². The Balaban J connectivity index is 2.33. The van der Waals surface area contributed by atoms with E-state index in [1.165, 1.54) is 14.2 Å². The summed E-state index contributed by atoms with van der Waals surface area (Å²) in [6, 6.07) is 6.80. The number of methoxy groups -OCH3 is 2. The lowest BCUT2D eigenvalue weighted by atomic mass is 10.0. The fraction of sp³-hybridized carbons (Fsp3) is 0.381. The predicted octanol–water partition coefficient (Wildman–Crippen LogP) is 4.41. The molecule has 12 heteroatoms. The smallest absolute Gasteiger partial charge is 0.416 e. The summed E-state index contributed by atoms with van der Waals surface area (Å²) < 4.78 is 75.1. The number of amides is 1. The Morgan fingerprint density at radius 3 is 2.27 bits per heavy atom. The van der Waals surface area contributed by atoms with Crippen molar-refractivity contribution in [1.29, 1.82) is 0 Å². The van der Waals surface area contributed by atoms with Gasteiger partial charge in [0.15, 0.2) is 11.5 Å².